The summed E-state index contributed by atoms with van der Waals surface area (Å²) in [5.41, 5.74) is 0. The Morgan fingerprint density at radius 2 is 2.33 bits per heavy atom. The lowest BCUT2D eigenvalue weighted by Gasteiger charge is -2.06. The summed E-state index contributed by atoms with van der Waals surface area (Å²) in [6.45, 7) is 1.78. The monoisotopic (exact) mass is 213 g/mol. The van der Waals surface area contributed by atoms with E-state index in [0.29, 0.717) is 26.2 Å². The van der Waals surface area contributed by atoms with Crippen LogP contribution in [-0.4, -0.2) is 34.2 Å². The van der Waals surface area contributed by atoms with E-state index in [9.17, 15) is 10.1 Å². The van der Waals surface area contributed by atoms with Gasteiger partial charge in [0.15, 0.2) is 6.29 Å². The van der Waals surface area contributed by atoms with E-state index >= 15 is 0 Å². The lowest BCUT2D eigenvalue weighted by Crippen LogP contribution is -2.12. The summed E-state index contributed by atoms with van der Waals surface area (Å²) in [7, 11) is 0. The first-order chi connectivity index (χ1) is 7.25. The van der Waals surface area contributed by atoms with E-state index in [2.05, 4.69) is 5.10 Å². The summed E-state index contributed by atoms with van der Waals surface area (Å²) in [6.07, 6.45) is 2.03. The minimum absolute atomic E-state index is 0.136. The Hall–Kier alpha value is -1.47. The fraction of sp³-hybridized carbons (Fsp3) is 0.625. The molecule has 0 radical (unpaired) electrons. The van der Waals surface area contributed by atoms with Crippen LogP contribution in [0.2, 0.25) is 0 Å². The van der Waals surface area contributed by atoms with Gasteiger partial charge in [0, 0.05) is 6.42 Å². The average molecular weight is 213 g/mol. The number of hydrogen-bond acceptors (Lipinski definition) is 5. The molecule has 2 rings (SSSR count). The lowest BCUT2D eigenvalue weighted by atomic mass is 10.4. The highest BCUT2D eigenvalue weighted by molar-refractivity contribution is 5.13. The van der Waals surface area contributed by atoms with Crippen LogP contribution in [0.25, 0.3) is 0 Å². The average Bonchev–Trinajstić information content (AvgIpc) is 2.86. The van der Waals surface area contributed by atoms with E-state index in [0.717, 1.165) is 0 Å². The Morgan fingerprint density at radius 1 is 1.60 bits per heavy atom. The second-order valence-corrected chi connectivity index (χ2v) is 3.15. The molecule has 0 atom stereocenters. The maximum absolute atomic E-state index is 10.4. The van der Waals surface area contributed by atoms with Gasteiger partial charge in [0.2, 0.25) is 0 Å². The zero-order chi connectivity index (χ0) is 10.7. The maximum atomic E-state index is 10.4. The van der Waals surface area contributed by atoms with Crippen molar-refractivity contribution in [2.75, 3.05) is 13.2 Å². The molecule has 2 heterocycles. The summed E-state index contributed by atoms with van der Waals surface area (Å²) in [4.78, 5) is 9.84. The zero-order valence-electron chi connectivity index (χ0n) is 8.04. The van der Waals surface area contributed by atoms with Crippen LogP contribution in [0, 0.1) is 10.1 Å². The first kappa shape index (κ1) is 10.1. The molecule has 0 unspecified atom stereocenters. The van der Waals surface area contributed by atoms with Crippen molar-refractivity contribution in [2.24, 2.45) is 0 Å². The van der Waals surface area contributed by atoms with E-state index in [1.54, 1.807) is 6.20 Å². The number of ether oxygens (including phenoxy) is 2. The normalized spacial score (nSPS) is 17.1. The van der Waals surface area contributed by atoms with E-state index in [1.807, 2.05) is 0 Å². The predicted octanol–water partition coefficient (Wildman–Crippen LogP) is 0.554. The van der Waals surface area contributed by atoms with Crippen LogP contribution in [-0.2, 0) is 16.0 Å². The number of nitrogens with zero attached hydrogens (tertiary/aromatic N) is 3. The quantitative estimate of drug-likeness (QED) is 0.539. The molecule has 0 aromatic carbocycles. The molecule has 15 heavy (non-hydrogen) atoms. The van der Waals surface area contributed by atoms with Crippen LogP contribution in [0.3, 0.4) is 0 Å². The smallest absolute Gasteiger partial charge is 0.358 e. The Bertz CT molecular complexity index is 345. The Balaban J connectivity index is 1.84. The zero-order valence-corrected chi connectivity index (χ0v) is 8.04. The number of aryl methyl sites for hydroxylation is 1. The highest BCUT2D eigenvalue weighted by Gasteiger charge is 2.17. The van der Waals surface area contributed by atoms with Gasteiger partial charge < -0.3 is 19.6 Å². The largest absolute Gasteiger partial charge is 0.389 e. The molecule has 7 heteroatoms. The summed E-state index contributed by atoms with van der Waals surface area (Å²) in [5.74, 6) is -0.136. The van der Waals surface area contributed by atoms with E-state index in [-0.39, 0.29) is 12.1 Å². The van der Waals surface area contributed by atoms with Gasteiger partial charge in [0.25, 0.3) is 0 Å². The molecule has 0 saturated carbocycles. The Morgan fingerprint density at radius 3 is 2.93 bits per heavy atom. The minimum Gasteiger partial charge on any atom is -0.358 e. The van der Waals surface area contributed by atoms with Gasteiger partial charge in [-0.05, 0) is 4.92 Å². The first-order valence-electron chi connectivity index (χ1n) is 4.67. The maximum Gasteiger partial charge on any atom is 0.389 e. The molecule has 1 aromatic rings. The predicted molar refractivity (Wildman–Crippen MR) is 49.2 cm³/mol. The second-order valence-electron chi connectivity index (χ2n) is 3.15. The lowest BCUT2D eigenvalue weighted by molar-refractivity contribution is -0.389. The first-order valence-corrected chi connectivity index (χ1v) is 4.67. The molecular weight excluding hydrogens is 202 g/mol. The summed E-state index contributed by atoms with van der Waals surface area (Å²) >= 11 is 0. The third-order valence-corrected chi connectivity index (χ3v) is 2.10. The molecule has 1 aliphatic heterocycles. The van der Waals surface area contributed by atoms with Crippen molar-refractivity contribution >= 4 is 5.82 Å². The molecule has 1 aliphatic rings. The molecule has 0 bridgehead atoms. The second kappa shape index (κ2) is 4.37. The van der Waals surface area contributed by atoms with Gasteiger partial charge in [-0.2, -0.15) is 4.68 Å². The van der Waals surface area contributed by atoms with Crippen molar-refractivity contribution in [2.45, 2.75) is 19.3 Å². The molecule has 82 valence electrons. The molecule has 0 amide bonds. The van der Waals surface area contributed by atoms with Crippen LogP contribution in [0.15, 0.2) is 12.3 Å². The Labute approximate surface area is 85.7 Å². The standard InChI is InChI=1S/C8H11N3O4/c12-11(13)7-1-3-10(9-7)4-2-8-14-5-6-15-8/h1,3,8H,2,4-6H2. The van der Waals surface area contributed by atoms with Crippen LogP contribution in [0.1, 0.15) is 6.42 Å². The Kier molecular flexibility index (Phi) is 2.93. The summed E-state index contributed by atoms with van der Waals surface area (Å²) in [6, 6.07) is 1.37. The third-order valence-electron chi connectivity index (χ3n) is 2.10. The van der Waals surface area contributed by atoms with Gasteiger partial charge in [0.05, 0.1) is 37.1 Å². The number of nitro groups is 1. The fourth-order valence-corrected chi connectivity index (χ4v) is 1.38. The van der Waals surface area contributed by atoms with Gasteiger partial charge in [-0.15, -0.1) is 0 Å². The molecule has 0 aliphatic carbocycles. The van der Waals surface area contributed by atoms with Crippen molar-refractivity contribution in [1.29, 1.82) is 0 Å². The summed E-state index contributed by atoms with van der Waals surface area (Å²) < 4.78 is 12.0. The summed E-state index contributed by atoms with van der Waals surface area (Å²) in [5, 5.41) is 14.1. The van der Waals surface area contributed by atoms with Crippen molar-refractivity contribution in [1.82, 2.24) is 9.78 Å². The molecule has 0 spiro atoms. The third kappa shape index (κ3) is 2.51. The van der Waals surface area contributed by atoms with Crippen molar-refractivity contribution in [3.8, 4) is 0 Å². The van der Waals surface area contributed by atoms with E-state index in [1.165, 1.54) is 10.7 Å². The topological polar surface area (TPSA) is 79.4 Å². The molecule has 1 aromatic heterocycles. The van der Waals surface area contributed by atoms with Gasteiger partial charge in [-0.3, -0.25) is 0 Å². The molecule has 1 saturated heterocycles. The highest BCUT2D eigenvalue weighted by Crippen LogP contribution is 2.10. The van der Waals surface area contributed by atoms with Crippen LogP contribution >= 0.6 is 0 Å². The van der Waals surface area contributed by atoms with E-state index < -0.39 is 4.92 Å². The number of aromatic nitrogens is 2. The van der Waals surface area contributed by atoms with Gasteiger partial charge in [-0.25, -0.2) is 0 Å². The molecule has 7 nitrogen and oxygen atoms in total. The van der Waals surface area contributed by atoms with E-state index in [4.69, 9.17) is 9.47 Å². The SMILES string of the molecule is O=[N+]([O-])c1ccn(CCC2OCCO2)n1. The fourth-order valence-electron chi connectivity index (χ4n) is 1.38. The van der Waals surface area contributed by atoms with Gasteiger partial charge in [-0.1, -0.05) is 0 Å². The minimum atomic E-state index is -0.515. The van der Waals surface area contributed by atoms with Crippen LogP contribution < -0.4 is 0 Å². The van der Waals surface area contributed by atoms with Crippen molar-refractivity contribution in [3.63, 3.8) is 0 Å². The van der Waals surface area contributed by atoms with Gasteiger partial charge in [0.1, 0.15) is 0 Å². The molecular formula is C8H11N3O4. The van der Waals surface area contributed by atoms with Crippen molar-refractivity contribution in [3.05, 3.63) is 22.4 Å². The van der Waals surface area contributed by atoms with Crippen LogP contribution in [0.5, 0.6) is 0 Å². The van der Waals surface area contributed by atoms with Crippen molar-refractivity contribution < 1.29 is 14.4 Å². The van der Waals surface area contributed by atoms with Crippen LogP contribution in [0.4, 0.5) is 5.82 Å². The number of hydrogen-bond donors (Lipinski definition) is 0. The van der Waals surface area contributed by atoms with Gasteiger partial charge >= 0.3 is 5.82 Å². The number of rotatable bonds is 4. The molecule has 1 fully saturated rings. The molecule has 0 N–H and O–H groups in total. The highest BCUT2D eigenvalue weighted by atomic mass is 16.7.